The summed E-state index contributed by atoms with van der Waals surface area (Å²) >= 11 is 0. The Kier molecular flexibility index (Phi) is 16.2. The lowest BCUT2D eigenvalue weighted by atomic mass is 10.1. The zero-order chi connectivity index (χ0) is 95.0. The lowest BCUT2D eigenvalue weighted by Gasteiger charge is -1.97. The molecule has 0 atom stereocenters. The number of hydrogen-bond acceptors (Lipinski definition) is 15. The van der Waals surface area contributed by atoms with Crippen molar-refractivity contribution in [2.45, 2.75) is 0 Å². The van der Waals surface area contributed by atoms with Gasteiger partial charge in [0.1, 0.15) is 55.6 Å². The van der Waals surface area contributed by atoms with Gasteiger partial charge in [0.05, 0.1) is 145 Å². The number of para-hydroxylation sites is 15. The molecule has 27 nitrogen and oxygen atoms in total. The molecule has 21 heterocycles. The van der Waals surface area contributed by atoms with E-state index in [1.807, 2.05) is 110 Å². The second-order valence-corrected chi connectivity index (χ2v) is 36.9. The van der Waals surface area contributed by atoms with E-state index < -0.39 is 0 Å². The second kappa shape index (κ2) is 29.4. The van der Waals surface area contributed by atoms with Crippen LogP contribution in [0, 0.1) is 0 Å². The molecule has 0 N–H and O–H groups in total. The van der Waals surface area contributed by atoms with Crippen molar-refractivity contribution in [3.05, 3.63) is 347 Å². The van der Waals surface area contributed by atoms with Crippen molar-refractivity contribution in [3.63, 3.8) is 0 Å². The maximum absolute atomic E-state index is 6.16. The number of benzene rings is 15. The summed E-state index contributed by atoms with van der Waals surface area (Å²) in [5.41, 5.74) is 36.5. The number of aromatic nitrogens is 21. The summed E-state index contributed by atoms with van der Waals surface area (Å²) in [5, 5.41) is 13.2. The van der Waals surface area contributed by atoms with Gasteiger partial charge in [0, 0.05) is 127 Å². The number of imidazole rings is 12. The highest BCUT2D eigenvalue weighted by atomic mass is 16.4. The number of aryl methyl sites for hydroxylation is 6. The molecule has 0 aliphatic rings. The Labute approximate surface area is 807 Å². The Morgan fingerprint density at radius 2 is 0.500 bits per heavy atom. The van der Waals surface area contributed by atoms with Crippen molar-refractivity contribution >= 4 is 299 Å². The minimum absolute atomic E-state index is 0.801. The molecule has 0 saturated heterocycles. The van der Waals surface area contributed by atoms with E-state index in [-0.39, 0.29) is 0 Å². The van der Waals surface area contributed by atoms with Gasteiger partial charge in [-0.25, -0.2) is 29.9 Å². The normalized spacial score (nSPS) is 12.4. The van der Waals surface area contributed by atoms with E-state index in [4.69, 9.17) is 56.4 Å². The Morgan fingerprint density at radius 1 is 0.181 bits per heavy atom. The first-order valence-electron chi connectivity index (χ1n) is 47.5. The number of nitrogens with zero attached hydrogens (tertiary/aromatic N) is 21. The van der Waals surface area contributed by atoms with Gasteiger partial charge >= 0.3 is 0 Å². The van der Waals surface area contributed by atoms with Gasteiger partial charge in [-0.2, -0.15) is 0 Å². The monoisotopic (exact) mass is 1870 g/mol. The number of rotatable bonds is 0. The van der Waals surface area contributed by atoms with Crippen LogP contribution in [-0.2, 0) is 42.3 Å². The third kappa shape index (κ3) is 11.0. The van der Waals surface area contributed by atoms with Crippen LogP contribution in [0.4, 0.5) is 0 Å². The molecule has 144 heavy (non-hydrogen) atoms. The summed E-state index contributed by atoms with van der Waals surface area (Å²) < 4.78 is 62.3. The first-order valence-corrected chi connectivity index (χ1v) is 47.5. The van der Waals surface area contributed by atoms with Crippen LogP contribution in [0.1, 0.15) is 0 Å². The van der Waals surface area contributed by atoms with E-state index in [0.29, 0.717) is 0 Å². The molecule has 36 rings (SSSR count). The Morgan fingerprint density at radius 3 is 1.07 bits per heavy atom. The van der Waals surface area contributed by atoms with Crippen LogP contribution in [0.15, 0.2) is 373 Å². The number of pyridine rings is 3. The van der Waals surface area contributed by atoms with Crippen molar-refractivity contribution in [2.75, 3.05) is 0 Å². The van der Waals surface area contributed by atoms with Crippen molar-refractivity contribution in [2.24, 2.45) is 42.3 Å². The van der Waals surface area contributed by atoms with Crippen molar-refractivity contribution < 1.29 is 26.5 Å². The molecule has 15 aromatic carbocycles. The van der Waals surface area contributed by atoms with Crippen LogP contribution in [0.3, 0.4) is 0 Å². The maximum Gasteiger partial charge on any atom is 0.215 e. The van der Waals surface area contributed by atoms with Gasteiger partial charge in [-0.3, -0.25) is 41.4 Å². The lowest BCUT2D eigenvalue weighted by molar-refractivity contribution is 0.667. The number of hydrogen-bond donors (Lipinski definition) is 0. The van der Waals surface area contributed by atoms with Crippen molar-refractivity contribution in [1.29, 1.82) is 0 Å². The highest BCUT2D eigenvalue weighted by molar-refractivity contribution is 6.22. The molecule has 0 saturated carbocycles. The zero-order valence-electron chi connectivity index (χ0n) is 77.7. The van der Waals surface area contributed by atoms with Gasteiger partial charge in [0.25, 0.3) is 0 Å². The molecule has 36 aromatic rings. The molecule has 0 amide bonds. The van der Waals surface area contributed by atoms with Crippen LogP contribution < -0.4 is 0 Å². The highest BCUT2D eigenvalue weighted by Crippen LogP contribution is 2.44. The first kappa shape index (κ1) is 79.3. The summed E-state index contributed by atoms with van der Waals surface area (Å²) in [6, 6.07) is 106. The standard InChI is InChI=1S/3C20H13N3O.3C19H12N4O/c1-22-15-7-3-4-8-16(15)23-17-11-19-13(10-14(17)21-20(22)23)12-6-2-5-9-18(12)24-19;1-22-14-7-3-4-8-15(14)23-16-11-10-13-12-6-2-5-9-17(12)24-19(13)18(16)21-20(22)23;1-22-13-7-3-4-8-14(13)23-15-10-11-17-18(19(15)21-20(22)23)12-6-2-5-9-16(12)24-17;1-22-14-4-2-3-5-15(14)23-16-8-12-11-6-7-20-10-18(11)24-17(12)9-13(16)21-19(22)23;1-22-13-4-2-3-5-14(13)23-18-12(21-19(22)23)6-7-15-17(18)11-8-9-20-10-16(11)24-15;1-22-14-4-2-3-5-15(14)23-17-13(21-19(22)23)7-6-12-11-8-9-20-10-16(11)24-18(12)17/h3*2-11H,1H3;3*2-10H,1H3. The van der Waals surface area contributed by atoms with Crippen LogP contribution in [-0.4, -0.2) is 98.7 Å². The summed E-state index contributed by atoms with van der Waals surface area (Å²) in [5.74, 6) is 5.61. The van der Waals surface area contributed by atoms with Gasteiger partial charge in [-0.05, 0) is 170 Å². The molecule has 0 radical (unpaired) electrons. The summed E-state index contributed by atoms with van der Waals surface area (Å²) in [7, 11) is 12.3. The molecule has 0 aliphatic heterocycles. The van der Waals surface area contributed by atoms with Gasteiger partial charge < -0.3 is 53.9 Å². The average Bonchev–Trinajstić information content (AvgIpc) is 1.56. The predicted octanol–water partition coefficient (Wildman–Crippen LogP) is 27.5. The number of furan rings is 6. The predicted molar refractivity (Wildman–Crippen MR) is 572 cm³/mol. The second-order valence-electron chi connectivity index (χ2n) is 36.9. The molecule has 0 fully saturated rings. The highest BCUT2D eigenvalue weighted by Gasteiger charge is 2.27. The van der Waals surface area contributed by atoms with Crippen LogP contribution in [0.2, 0.25) is 0 Å². The Bertz CT molecular complexity index is 11800. The minimum atomic E-state index is 0.801. The lowest BCUT2D eigenvalue weighted by Crippen LogP contribution is -1.87. The summed E-state index contributed by atoms with van der Waals surface area (Å²) in [4.78, 5) is 41.7. The van der Waals surface area contributed by atoms with E-state index in [1.165, 1.54) is 27.6 Å². The molecule has 0 aliphatic carbocycles. The largest absolute Gasteiger partial charge is 0.456 e. The smallest absolute Gasteiger partial charge is 0.215 e. The molecular formula is C117H75N21O6. The van der Waals surface area contributed by atoms with Crippen LogP contribution in [0.25, 0.3) is 299 Å². The topological polar surface area (TPSA) is 251 Å². The van der Waals surface area contributed by atoms with Gasteiger partial charge in [0.15, 0.2) is 27.9 Å². The third-order valence-corrected chi connectivity index (χ3v) is 29.2. The molecule has 0 unspecified atom stereocenters. The van der Waals surface area contributed by atoms with E-state index in [1.54, 1.807) is 37.2 Å². The first-order chi connectivity index (χ1) is 70.9. The molecule has 684 valence electrons. The molecule has 21 aromatic heterocycles. The summed E-state index contributed by atoms with van der Waals surface area (Å²) in [6.07, 6.45) is 10.7. The van der Waals surface area contributed by atoms with E-state index in [2.05, 4.69) is 310 Å². The zero-order valence-corrected chi connectivity index (χ0v) is 77.7. The Hall–Kier alpha value is -19.8. The average molecular weight is 1870 g/mol. The maximum atomic E-state index is 6.16. The fraction of sp³-hybridized carbons (Fsp3) is 0.0513. The molecule has 27 heteroatoms. The Balaban J connectivity index is 0.0000000788. The summed E-state index contributed by atoms with van der Waals surface area (Å²) in [6.45, 7) is 0. The SMILES string of the molecule is Cn1c2ccccc2n2c3c(ccc4c5ccncc5oc43)nc12.Cn1c2ccccc2n2c3c(ccc4oc5cnccc5c43)nc12.Cn1c2ccccc2n2c3cc4c(cc3nc12)oc1cnccc14.Cn1c2ccccc2n2c3cc4oc5ccccc5c4cc3nc12.Cn1c2ccccc2n2c3ccc4c5ccccc5oc4c3nc12.Cn1c2ccccc2n2c3ccc4oc5ccccc5c4c3nc12. The van der Waals surface area contributed by atoms with E-state index in [9.17, 15) is 0 Å². The quantitative estimate of drug-likeness (QED) is 0.137. The van der Waals surface area contributed by atoms with Crippen LogP contribution >= 0.6 is 0 Å². The minimum Gasteiger partial charge on any atom is -0.456 e. The van der Waals surface area contributed by atoms with Gasteiger partial charge in [-0.15, -0.1) is 0 Å². The fourth-order valence-corrected chi connectivity index (χ4v) is 22.6. The van der Waals surface area contributed by atoms with Crippen molar-refractivity contribution in [3.8, 4) is 0 Å². The molecule has 0 spiro atoms. The third-order valence-electron chi connectivity index (χ3n) is 29.2. The van der Waals surface area contributed by atoms with Crippen LogP contribution in [0.5, 0.6) is 0 Å². The van der Waals surface area contributed by atoms with Gasteiger partial charge in [0.2, 0.25) is 34.7 Å². The van der Waals surface area contributed by atoms with Crippen molar-refractivity contribution in [1.82, 2.24) is 98.7 Å². The molecular weight excluding hydrogens is 1800 g/mol. The van der Waals surface area contributed by atoms with Gasteiger partial charge in [-0.1, -0.05) is 127 Å². The van der Waals surface area contributed by atoms with E-state index in [0.717, 1.165) is 271 Å². The van der Waals surface area contributed by atoms with E-state index >= 15 is 0 Å². The fourth-order valence-electron chi connectivity index (χ4n) is 22.6. The molecule has 0 bridgehead atoms. The number of fused-ring (bicyclic) bond motifs is 52.